The zero-order valence-electron chi connectivity index (χ0n) is 48.2. The van der Waals surface area contributed by atoms with Gasteiger partial charge in [0.15, 0.2) is 16.1 Å². The molecule has 0 radical (unpaired) electrons. The number of carbonyl (C=O) groups excluding carboxylic acids is 3. The fourth-order valence-corrected chi connectivity index (χ4v) is 8.02. The van der Waals surface area contributed by atoms with E-state index < -0.39 is 27.4 Å². The SMILES string of the molecule is C#CC(C)=O.C#CC1(O)CCCCC1.C#CCN1CCS(=O)(=O)CC1.C#CCOC1CCCCO1.C#Cc1ccc(CO)cc1.C#Cc1ccc(N)cc1.C#Cc1ccc2c(c1)C(=O)OC2=O.C#Cc1cccnc1.CCN(C#CCO)CC. The van der Waals surface area contributed by atoms with Crippen LogP contribution in [-0.4, -0.2) is 132 Å². The third kappa shape index (κ3) is 35.0. The van der Waals surface area contributed by atoms with E-state index in [1.165, 1.54) is 31.9 Å². The summed E-state index contributed by atoms with van der Waals surface area (Å²) < 4.78 is 36.7. The van der Waals surface area contributed by atoms with E-state index in [0.717, 1.165) is 86.2 Å². The molecule has 1 unspecified atom stereocenters. The zero-order valence-corrected chi connectivity index (χ0v) is 49.0. The highest BCUT2D eigenvalue weighted by Crippen LogP contribution is 2.27. The lowest BCUT2D eigenvalue weighted by atomic mass is 9.86. The van der Waals surface area contributed by atoms with Crippen LogP contribution in [-0.2, 0) is 35.4 Å². The van der Waals surface area contributed by atoms with E-state index in [0.29, 0.717) is 31.8 Å². The Morgan fingerprint density at radius 2 is 1.33 bits per heavy atom. The van der Waals surface area contributed by atoms with Crippen LogP contribution in [0.3, 0.4) is 0 Å². The van der Waals surface area contributed by atoms with Crippen LogP contribution in [0.2, 0.25) is 0 Å². The number of cyclic esters (lactones) is 2. The van der Waals surface area contributed by atoms with Gasteiger partial charge >= 0.3 is 11.9 Å². The summed E-state index contributed by atoms with van der Waals surface area (Å²) in [6.45, 7) is 10.2. The van der Waals surface area contributed by atoms with Crippen molar-refractivity contribution in [2.45, 2.75) is 90.6 Å². The topological polar surface area (TPSA) is 219 Å². The number of terminal acetylenes is 8. The first-order chi connectivity index (χ1) is 40.3. The minimum Gasteiger partial charge on any atom is -0.399 e. The molecule has 1 aliphatic carbocycles. The summed E-state index contributed by atoms with van der Waals surface area (Å²) in [4.78, 5) is 39.3. The molecule has 16 heteroatoms. The number of nitrogens with zero attached hydrogens (tertiary/aromatic N) is 3. The van der Waals surface area contributed by atoms with Crippen LogP contribution in [0.5, 0.6) is 0 Å². The van der Waals surface area contributed by atoms with Crippen molar-refractivity contribution >= 4 is 33.2 Å². The Morgan fingerprint density at radius 1 is 0.774 bits per heavy atom. The van der Waals surface area contributed by atoms with Crippen molar-refractivity contribution in [3.8, 4) is 111 Å². The molecular formula is C68H76N4O11S. The van der Waals surface area contributed by atoms with Gasteiger partial charge in [0, 0.05) is 86.1 Å². The third-order valence-corrected chi connectivity index (χ3v) is 13.1. The first kappa shape index (κ1) is 75.0. The van der Waals surface area contributed by atoms with Gasteiger partial charge in [-0.05, 0) is 137 Å². The van der Waals surface area contributed by atoms with Gasteiger partial charge in [-0.25, -0.2) is 18.0 Å². The van der Waals surface area contributed by atoms with Crippen LogP contribution in [0.15, 0.2) is 91.3 Å². The van der Waals surface area contributed by atoms with E-state index in [2.05, 4.69) is 69.6 Å². The van der Waals surface area contributed by atoms with Gasteiger partial charge in [-0.2, -0.15) is 0 Å². The Bertz CT molecular complexity index is 3120. The van der Waals surface area contributed by atoms with Gasteiger partial charge in [-0.15, -0.1) is 51.4 Å². The number of fused-ring (bicyclic) bond motifs is 1. The number of hydrogen-bond donors (Lipinski definition) is 4. The van der Waals surface area contributed by atoms with E-state index in [4.69, 9.17) is 70.4 Å². The maximum atomic E-state index is 11.0. The number of rotatable bonds is 6. The number of carbonyl (C=O) groups is 3. The third-order valence-electron chi connectivity index (χ3n) is 11.5. The fraction of sp³-hybridized carbons (Fsp3) is 0.353. The van der Waals surface area contributed by atoms with Crippen molar-refractivity contribution in [3.63, 3.8) is 0 Å². The Labute approximate surface area is 499 Å². The van der Waals surface area contributed by atoms with Gasteiger partial charge in [0.25, 0.3) is 0 Å². The summed E-state index contributed by atoms with van der Waals surface area (Å²) in [7, 11) is -2.74. The minimum absolute atomic E-state index is 0.0372. The second kappa shape index (κ2) is 45.6. The molecule has 5 N–H and O–H groups in total. The molecule has 3 aliphatic heterocycles. The number of pyridine rings is 1. The Balaban J connectivity index is 0.000000930. The molecule has 3 aromatic carbocycles. The van der Waals surface area contributed by atoms with E-state index in [9.17, 15) is 27.9 Å². The van der Waals surface area contributed by atoms with Crippen molar-refractivity contribution in [1.82, 2.24) is 14.8 Å². The lowest BCUT2D eigenvalue weighted by Gasteiger charge is -2.26. The van der Waals surface area contributed by atoms with Gasteiger partial charge in [-0.3, -0.25) is 14.7 Å². The second-order valence-corrected chi connectivity index (χ2v) is 20.0. The van der Waals surface area contributed by atoms with Crippen LogP contribution in [0.4, 0.5) is 5.69 Å². The monoisotopic (exact) mass is 1160 g/mol. The first-order valence-corrected chi connectivity index (χ1v) is 28.4. The molecule has 4 heterocycles. The highest BCUT2D eigenvalue weighted by atomic mass is 32.2. The number of aliphatic hydroxyl groups excluding tert-OH is 2. The van der Waals surface area contributed by atoms with Crippen molar-refractivity contribution in [1.29, 1.82) is 0 Å². The van der Waals surface area contributed by atoms with E-state index in [-0.39, 0.29) is 47.9 Å². The van der Waals surface area contributed by atoms with Crippen LogP contribution >= 0.6 is 0 Å². The lowest BCUT2D eigenvalue weighted by Crippen LogP contribution is -2.40. The summed E-state index contributed by atoms with van der Waals surface area (Å²) >= 11 is 0. The van der Waals surface area contributed by atoms with Gasteiger partial charge in [0.05, 0.1) is 35.8 Å². The van der Waals surface area contributed by atoms with Gasteiger partial charge < -0.3 is 40.2 Å². The maximum Gasteiger partial charge on any atom is 0.346 e. The molecule has 440 valence electrons. The molecule has 84 heavy (non-hydrogen) atoms. The highest BCUT2D eigenvalue weighted by Gasteiger charge is 2.29. The number of nitrogen functional groups attached to an aromatic ring is 1. The van der Waals surface area contributed by atoms with Crippen molar-refractivity contribution in [2.75, 3.05) is 69.8 Å². The molecule has 0 spiro atoms. The zero-order chi connectivity index (χ0) is 63.0. The molecule has 15 nitrogen and oxygen atoms in total. The summed E-state index contributed by atoms with van der Waals surface area (Å²) in [5.74, 6) is 20.7. The van der Waals surface area contributed by atoms with Crippen LogP contribution < -0.4 is 5.73 Å². The number of aromatic nitrogens is 1. The average Bonchev–Trinajstić information content (AvgIpc) is 4.00. The van der Waals surface area contributed by atoms with Crippen molar-refractivity contribution in [3.05, 3.63) is 130 Å². The Kier molecular flexibility index (Phi) is 40.7. The van der Waals surface area contributed by atoms with E-state index in [1.807, 2.05) is 78.1 Å². The van der Waals surface area contributed by atoms with Crippen LogP contribution in [0, 0.1) is 111 Å². The standard InChI is InChI=1S/C10H4O3.C9H8O.C8H7N.C8H12O2.C8H12O.C7H11NO2S.C7H13NO.C7H5N.C4H4O/c1-2-6-3-4-7-8(5-6)10(12)13-9(7)11;1-2-8-3-5-9(7-10)6-4-8;1-2-7-3-5-8(9)6-4-7;1-2-6-9-8-5-3-4-7-10-8;1-2-8(9)6-4-3-5-7-8;1-2-3-8-4-6-11(9,10)7-5-8;1-3-8(4-2)6-5-7-9;1-2-7-4-3-5-8-6-7;1-3-4(2)5/h1,3-5H;1,3-6,10H,7H2;1,3-6H,9H2;1,8H,3-7H2;1,9H,3-7H2;1H,3-7H2;9H,3-4,7H2,1-2H3;1,3-6H;1H,2H3. The molecule has 1 atom stereocenters. The Hall–Kier alpha value is -9.03. The predicted molar refractivity (Wildman–Crippen MR) is 332 cm³/mol. The van der Waals surface area contributed by atoms with Crippen LogP contribution in [0.25, 0.3) is 0 Å². The number of ether oxygens (including phenoxy) is 3. The number of nitrogens with two attached hydrogens (primary N) is 1. The second-order valence-electron chi connectivity index (χ2n) is 17.7. The van der Waals surface area contributed by atoms with Crippen molar-refractivity contribution in [2.24, 2.45) is 0 Å². The fourth-order valence-electron chi connectivity index (χ4n) is 6.74. The number of anilines is 1. The molecule has 0 bridgehead atoms. The number of benzene rings is 3. The molecular weight excluding hydrogens is 1080 g/mol. The van der Waals surface area contributed by atoms with Gasteiger partial charge in [-0.1, -0.05) is 65.9 Å². The van der Waals surface area contributed by atoms with Crippen LogP contribution in [0.1, 0.15) is 121 Å². The van der Waals surface area contributed by atoms with Gasteiger partial charge in [0.2, 0.25) is 5.78 Å². The maximum absolute atomic E-state index is 11.0. The number of Topliss-reactive ketones (excluding diaryl/α,β-unsaturated/α-hetero) is 1. The molecule has 2 saturated heterocycles. The normalized spacial score (nSPS) is 14.9. The lowest BCUT2D eigenvalue weighted by molar-refractivity contribution is -0.154. The number of esters is 2. The average molecular weight is 1160 g/mol. The molecule has 1 saturated carbocycles. The molecule has 8 rings (SSSR count). The Morgan fingerprint density at radius 3 is 1.76 bits per heavy atom. The number of ketones is 1. The number of sulfone groups is 1. The molecule has 3 fully saturated rings. The molecule has 1 aromatic heterocycles. The molecule has 0 amide bonds. The molecule has 4 aromatic rings. The summed E-state index contributed by atoms with van der Waals surface area (Å²) in [5, 5.41) is 26.4. The predicted octanol–water partition coefficient (Wildman–Crippen LogP) is 6.77. The highest BCUT2D eigenvalue weighted by molar-refractivity contribution is 7.91. The first-order valence-electron chi connectivity index (χ1n) is 26.6. The van der Waals surface area contributed by atoms with Gasteiger partial charge in [0.1, 0.15) is 18.8 Å². The quantitative estimate of drug-likeness (QED) is 0.0391. The number of aliphatic hydroxyl groups is 3. The number of hydrogen-bond acceptors (Lipinski definition) is 15. The molecule has 4 aliphatic rings. The summed E-state index contributed by atoms with van der Waals surface area (Å²) in [6.07, 6.45) is 51.9. The van der Waals surface area contributed by atoms with E-state index in [1.54, 1.807) is 30.6 Å². The minimum atomic E-state index is -2.74. The summed E-state index contributed by atoms with van der Waals surface area (Å²) in [6, 6.07) is 25.5. The van der Waals surface area contributed by atoms with Crippen molar-refractivity contribution < 1.29 is 52.3 Å². The van der Waals surface area contributed by atoms with E-state index >= 15 is 0 Å². The smallest absolute Gasteiger partial charge is 0.346 e. The summed E-state index contributed by atoms with van der Waals surface area (Å²) in [5.41, 5.74) is 9.92. The largest absolute Gasteiger partial charge is 0.399 e.